The molecule has 0 bridgehead atoms. The summed E-state index contributed by atoms with van der Waals surface area (Å²) in [5, 5.41) is 8.74. The van der Waals surface area contributed by atoms with E-state index in [1.165, 1.54) is 6.07 Å². The lowest BCUT2D eigenvalue weighted by molar-refractivity contribution is -0.141. The number of carbonyl (C=O) groups excluding carboxylic acids is 1. The Kier molecular flexibility index (Phi) is 4.78. The molecule has 102 valence electrons. The van der Waals surface area contributed by atoms with Crippen LogP contribution in [0.5, 0.6) is 0 Å². The van der Waals surface area contributed by atoms with Crippen molar-refractivity contribution in [3.8, 4) is 6.07 Å². The molecule has 0 aliphatic rings. The van der Waals surface area contributed by atoms with Gasteiger partial charge in [0.05, 0.1) is 30.7 Å². The molecule has 3 nitrogen and oxygen atoms in total. The second-order valence-electron chi connectivity index (χ2n) is 3.66. The van der Waals surface area contributed by atoms with Gasteiger partial charge in [-0.2, -0.15) is 18.4 Å². The lowest BCUT2D eigenvalue weighted by Crippen LogP contribution is -2.14. The molecule has 0 aliphatic heterocycles. The molecule has 1 rings (SSSR count). The van der Waals surface area contributed by atoms with Crippen LogP contribution < -0.4 is 0 Å². The number of hydrogen-bond donors (Lipinski definition) is 0. The minimum absolute atomic E-state index is 0.0493. The number of halogens is 4. The molecule has 0 spiro atoms. The van der Waals surface area contributed by atoms with Gasteiger partial charge in [-0.05, 0) is 23.3 Å². The minimum Gasteiger partial charge on any atom is -0.469 e. The third-order valence-corrected chi connectivity index (χ3v) is 2.74. The Hall–Kier alpha value is -1.74. The second-order valence-corrected chi connectivity index (χ2v) is 3.92. The highest BCUT2D eigenvalue weighted by Crippen LogP contribution is 2.35. The van der Waals surface area contributed by atoms with Crippen LogP contribution in [-0.4, -0.2) is 13.1 Å². The van der Waals surface area contributed by atoms with Gasteiger partial charge in [0, 0.05) is 5.88 Å². The van der Waals surface area contributed by atoms with E-state index in [0.717, 1.165) is 13.2 Å². The molecule has 0 amide bonds. The van der Waals surface area contributed by atoms with E-state index in [2.05, 4.69) is 4.74 Å². The highest BCUT2D eigenvalue weighted by Gasteiger charge is 2.34. The van der Waals surface area contributed by atoms with Crippen LogP contribution in [0.2, 0.25) is 0 Å². The summed E-state index contributed by atoms with van der Waals surface area (Å²) in [6, 6.07) is 3.56. The molecule has 19 heavy (non-hydrogen) atoms. The van der Waals surface area contributed by atoms with Gasteiger partial charge in [-0.1, -0.05) is 0 Å². The Bertz CT molecular complexity index is 535. The number of nitrogens with zero attached hydrogens (tertiary/aromatic N) is 1. The Labute approximate surface area is 112 Å². The molecular formula is C12H9ClF3NO2. The maximum absolute atomic E-state index is 12.9. The Morgan fingerprint density at radius 2 is 2.11 bits per heavy atom. The van der Waals surface area contributed by atoms with Crippen LogP contribution in [0, 0.1) is 11.3 Å². The monoisotopic (exact) mass is 291 g/mol. The summed E-state index contributed by atoms with van der Waals surface area (Å²) in [4.78, 5) is 11.2. The quantitative estimate of drug-likeness (QED) is 0.635. The molecule has 0 atom stereocenters. The normalized spacial score (nSPS) is 10.9. The number of carbonyl (C=O) groups is 1. The van der Waals surface area contributed by atoms with Gasteiger partial charge in [-0.3, -0.25) is 4.79 Å². The summed E-state index contributed by atoms with van der Waals surface area (Å²) >= 11 is 5.53. The predicted molar refractivity (Wildman–Crippen MR) is 61.4 cm³/mol. The van der Waals surface area contributed by atoms with Gasteiger partial charge in [-0.15, -0.1) is 11.6 Å². The van der Waals surface area contributed by atoms with E-state index in [9.17, 15) is 18.0 Å². The summed E-state index contributed by atoms with van der Waals surface area (Å²) in [6.45, 7) is 0. The topological polar surface area (TPSA) is 50.1 Å². The number of alkyl halides is 4. The predicted octanol–water partition coefficient (Wildman–Crippen LogP) is 3.03. The van der Waals surface area contributed by atoms with Crippen molar-refractivity contribution in [2.45, 2.75) is 18.5 Å². The van der Waals surface area contributed by atoms with Crippen molar-refractivity contribution in [1.29, 1.82) is 5.26 Å². The first-order valence-electron chi connectivity index (χ1n) is 5.09. The average molecular weight is 292 g/mol. The van der Waals surface area contributed by atoms with Crippen LogP contribution in [0.1, 0.15) is 22.3 Å². The van der Waals surface area contributed by atoms with Gasteiger partial charge in [0.15, 0.2) is 0 Å². The maximum atomic E-state index is 12.9. The fourth-order valence-electron chi connectivity index (χ4n) is 1.59. The van der Waals surface area contributed by atoms with Gasteiger partial charge in [0.25, 0.3) is 0 Å². The first-order valence-corrected chi connectivity index (χ1v) is 5.62. The van der Waals surface area contributed by atoms with E-state index in [0.29, 0.717) is 0 Å². The Morgan fingerprint density at radius 1 is 1.47 bits per heavy atom. The van der Waals surface area contributed by atoms with Gasteiger partial charge < -0.3 is 4.74 Å². The summed E-state index contributed by atoms with van der Waals surface area (Å²) in [7, 11) is 1.13. The maximum Gasteiger partial charge on any atom is 0.416 e. The molecule has 0 aliphatic carbocycles. The molecule has 0 heterocycles. The molecule has 0 unspecified atom stereocenters. The van der Waals surface area contributed by atoms with E-state index in [1.807, 2.05) is 0 Å². The smallest absolute Gasteiger partial charge is 0.416 e. The largest absolute Gasteiger partial charge is 0.469 e. The number of esters is 1. The van der Waals surface area contributed by atoms with Gasteiger partial charge in [-0.25, -0.2) is 0 Å². The van der Waals surface area contributed by atoms with E-state index < -0.39 is 23.6 Å². The van der Waals surface area contributed by atoms with Crippen molar-refractivity contribution < 1.29 is 22.7 Å². The minimum atomic E-state index is -4.64. The van der Waals surface area contributed by atoms with Gasteiger partial charge in [0.1, 0.15) is 0 Å². The molecule has 0 fully saturated rings. The first-order chi connectivity index (χ1) is 8.83. The molecule has 7 heteroatoms. The highest BCUT2D eigenvalue weighted by atomic mass is 35.5. The van der Waals surface area contributed by atoms with E-state index in [-0.39, 0.29) is 23.1 Å². The van der Waals surface area contributed by atoms with Crippen LogP contribution in [0.4, 0.5) is 13.2 Å². The van der Waals surface area contributed by atoms with Gasteiger partial charge >= 0.3 is 12.1 Å². The lowest BCUT2D eigenvalue weighted by atomic mass is 9.96. The van der Waals surface area contributed by atoms with Crippen molar-refractivity contribution in [2.24, 2.45) is 0 Å². The fourth-order valence-corrected chi connectivity index (χ4v) is 1.91. The third-order valence-electron chi connectivity index (χ3n) is 2.47. The highest BCUT2D eigenvalue weighted by molar-refractivity contribution is 6.17. The SMILES string of the molecule is COC(=O)Cc1cc(C#N)cc(C(F)(F)F)c1CCl. The zero-order valence-corrected chi connectivity index (χ0v) is 10.6. The van der Waals surface area contributed by atoms with Crippen molar-refractivity contribution in [2.75, 3.05) is 7.11 Å². The lowest BCUT2D eigenvalue weighted by Gasteiger charge is -2.15. The molecule has 0 N–H and O–H groups in total. The summed E-state index contributed by atoms with van der Waals surface area (Å²) in [5.41, 5.74) is -1.34. The number of methoxy groups -OCH3 is 1. The van der Waals surface area contributed by atoms with Crippen molar-refractivity contribution in [3.05, 3.63) is 34.4 Å². The van der Waals surface area contributed by atoms with E-state index >= 15 is 0 Å². The molecule has 0 saturated heterocycles. The van der Waals surface area contributed by atoms with Crippen LogP contribution in [0.3, 0.4) is 0 Å². The van der Waals surface area contributed by atoms with Crippen LogP contribution >= 0.6 is 11.6 Å². The van der Waals surface area contributed by atoms with Crippen LogP contribution in [0.15, 0.2) is 12.1 Å². The van der Waals surface area contributed by atoms with Crippen molar-refractivity contribution in [3.63, 3.8) is 0 Å². The summed E-state index contributed by atoms with van der Waals surface area (Å²) in [5.74, 6) is -1.11. The number of benzene rings is 1. The molecule has 0 saturated carbocycles. The number of hydrogen-bond acceptors (Lipinski definition) is 3. The molecular weight excluding hydrogens is 283 g/mol. The van der Waals surface area contributed by atoms with Crippen LogP contribution in [0.25, 0.3) is 0 Å². The summed E-state index contributed by atoms with van der Waals surface area (Å²) in [6.07, 6.45) is -5.00. The Morgan fingerprint density at radius 3 is 2.53 bits per heavy atom. The molecule has 0 radical (unpaired) electrons. The number of ether oxygens (including phenoxy) is 1. The standard InChI is InChI=1S/C12H9ClF3NO2/c1-19-11(18)4-8-2-7(6-17)3-10(9(8)5-13)12(14,15)16/h2-3H,4-5H2,1H3. The molecule has 1 aromatic rings. The zero-order chi connectivity index (χ0) is 14.6. The summed E-state index contributed by atoms with van der Waals surface area (Å²) < 4.78 is 43.0. The van der Waals surface area contributed by atoms with Crippen molar-refractivity contribution >= 4 is 17.6 Å². The molecule has 1 aromatic carbocycles. The number of rotatable bonds is 3. The average Bonchev–Trinajstić information content (AvgIpc) is 2.36. The van der Waals surface area contributed by atoms with Gasteiger partial charge in [0.2, 0.25) is 0 Å². The number of nitriles is 1. The second kappa shape index (κ2) is 5.93. The third kappa shape index (κ3) is 3.61. The zero-order valence-electron chi connectivity index (χ0n) is 9.84. The van der Waals surface area contributed by atoms with E-state index in [1.54, 1.807) is 6.07 Å². The Balaban J connectivity index is 3.44. The first kappa shape index (κ1) is 15.3. The fraction of sp³-hybridized carbons (Fsp3) is 0.333. The van der Waals surface area contributed by atoms with Crippen LogP contribution in [-0.2, 0) is 28.0 Å². The van der Waals surface area contributed by atoms with E-state index in [4.69, 9.17) is 16.9 Å². The van der Waals surface area contributed by atoms with Crippen molar-refractivity contribution in [1.82, 2.24) is 0 Å². The molecule has 0 aromatic heterocycles.